The molecule has 3 N–H and O–H groups in total. The van der Waals surface area contributed by atoms with E-state index in [4.69, 9.17) is 0 Å². The third kappa shape index (κ3) is 3.91. The summed E-state index contributed by atoms with van der Waals surface area (Å²) < 4.78 is 27.3. The molecule has 1 aromatic heterocycles. The summed E-state index contributed by atoms with van der Waals surface area (Å²) >= 11 is 0. The van der Waals surface area contributed by atoms with Crippen molar-refractivity contribution >= 4 is 15.9 Å². The van der Waals surface area contributed by atoms with Gasteiger partial charge in [-0.25, -0.2) is 13.1 Å². The number of amides is 1. The molecule has 1 heterocycles. The number of hydrogen-bond acceptors (Lipinski definition) is 4. The number of sulfonamides is 1. The highest BCUT2D eigenvalue weighted by Gasteiger charge is 2.26. The zero-order valence-corrected chi connectivity index (χ0v) is 14.5. The van der Waals surface area contributed by atoms with Gasteiger partial charge in [-0.3, -0.25) is 9.89 Å². The molecule has 0 aliphatic heterocycles. The molecule has 1 aromatic carbocycles. The van der Waals surface area contributed by atoms with Crippen LogP contribution < -0.4 is 10.0 Å². The van der Waals surface area contributed by atoms with Crippen LogP contribution in [0.15, 0.2) is 35.2 Å². The van der Waals surface area contributed by atoms with Gasteiger partial charge in [-0.05, 0) is 56.0 Å². The Balaban J connectivity index is 1.39. The fraction of sp³-hybridized carbons (Fsp3) is 0.412. The molecule has 2 aromatic rings. The molecule has 0 atom stereocenters. The molecule has 0 radical (unpaired) electrons. The van der Waals surface area contributed by atoms with Crippen LogP contribution in [0.25, 0.3) is 0 Å². The van der Waals surface area contributed by atoms with Crippen molar-refractivity contribution in [2.24, 2.45) is 0 Å². The van der Waals surface area contributed by atoms with E-state index < -0.39 is 10.0 Å². The molecule has 0 bridgehead atoms. The average molecular weight is 360 g/mol. The lowest BCUT2D eigenvalue weighted by molar-refractivity contribution is 0.0951. The number of aromatic amines is 1. The molecule has 8 heteroatoms. The van der Waals surface area contributed by atoms with Gasteiger partial charge in [0, 0.05) is 17.5 Å². The predicted molar refractivity (Wildman–Crippen MR) is 91.5 cm³/mol. The molecule has 1 amide bonds. The molecule has 2 fully saturated rings. The Morgan fingerprint density at radius 1 is 1.16 bits per heavy atom. The maximum Gasteiger partial charge on any atom is 0.251 e. The molecule has 0 spiro atoms. The van der Waals surface area contributed by atoms with Crippen molar-refractivity contribution in [3.8, 4) is 0 Å². The normalized spacial score (nSPS) is 17.4. The Bertz CT molecular complexity index is 881. The van der Waals surface area contributed by atoms with E-state index in [0.717, 1.165) is 37.1 Å². The maximum absolute atomic E-state index is 12.4. The zero-order chi connectivity index (χ0) is 17.4. The fourth-order valence-electron chi connectivity index (χ4n) is 2.60. The van der Waals surface area contributed by atoms with Crippen molar-refractivity contribution in [2.45, 2.75) is 49.1 Å². The van der Waals surface area contributed by atoms with Gasteiger partial charge >= 0.3 is 0 Å². The predicted octanol–water partition coefficient (Wildman–Crippen LogP) is 1.66. The van der Waals surface area contributed by atoms with Crippen LogP contribution in [-0.4, -0.2) is 30.6 Å². The number of aromatic nitrogens is 2. The summed E-state index contributed by atoms with van der Waals surface area (Å²) in [6.07, 6.45) is 4.32. The fourth-order valence-corrected chi connectivity index (χ4v) is 3.60. The van der Waals surface area contributed by atoms with Gasteiger partial charge in [-0.2, -0.15) is 5.10 Å². The van der Waals surface area contributed by atoms with Crippen molar-refractivity contribution in [3.05, 3.63) is 47.3 Å². The summed E-state index contributed by atoms with van der Waals surface area (Å²) in [5.41, 5.74) is 2.21. The summed E-state index contributed by atoms with van der Waals surface area (Å²) in [5.74, 6) is 0.361. The van der Waals surface area contributed by atoms with Crippen molar-refractivity contribution in [2.75, 3.05) is 0 Å². The number of benzene rings is 1. The Labute approximate surface area is 146 Å². The molecular weight excluding hydrogens is 340 g/mol. The first-order valence-electron chi connectivity index (χ1n) is 8.46. The summed E-state index contributed by atoms with van der Waals surface area (Å²) in [6, 6.07) is 8.15. The number of carbonyl (C=O) groups is 1. The Kier molecular flexibility index (Phi) is 4.09. The van der Waals surface area contributed by atoms with Gasteiger partial charge in [0.15, 0.2) is 0 Å². The highest BCUT2D eigenvalue weighted by Crippen LogP contribution is 2.38. The standard InChI is InChI=1S/C17H20N4O3S/c22-17(19-13-5-6-13)12-3-7-15(8-4-12)25(23,24)18-10-14-9-16(21-20-14)11-1-2-11/h3-4,7-9,11,13,18H,1-2,5-6,10H2,(H,19,22)(H,20,21). The van der Waals surface area contributed by atoms with Crippen LogP contribution in [0.4, 0.5) is 0 Å². The SMILES string of the molecule is O=C(NC1CC1)c1ccc(S(=O)(=O)NCc2cc(C3CC3)n[nH]2)cc1. The minimum absolute atomic E-state index is 0.136. The number of carbonyl (C=O) groups excluding carboxylic acids is 1. The number of nitrogens with zero attached hydrogens (tertiary/aromatic N) is 1. The van der Waals surface area contributed by atoms with Crippen LogP contribution in [-0.2, 0) is 16.6 Å². The number of nitrogens with one attached hydrogen (secondary N) is 3. The molecule has 0 saturated heterocycles. The topological polar surface area (TPSA) is 104 Å². The summed E-state index contributed by atoms with van der Waals surface area (Å²) in [6.45, 7) is 0.159. The van der Waals surface area contributed by atoms with E-state index in [1.165, 1.54) is 24.3 Å². The first-order valence-corrected chi connectivity index (χ1v) is 9.94. The number of rotatable bonds is 7. The third-order valence-corrected chi connectivity index (χ3v) is 5.86. The third-order valence-electron chi connectivity index (χ3n) is 4.44. The molecule has 2 saturated carbocycles. The second-order valence-electron chi connectivity index (χ2n) is 6.69. The van der Waals surface area contributed by atoms with Crippen LogP contribution in [0.1, 0.15) is 53.3 Å². The lowest BCUT2D eigenvalue weighted by Crippen LogP contribution is -2.26. The summed E-state index contributed by atoms with van der Waals surface area (Å²) in [4.78, 5) is 12.1. The molecule has 132 valence electrons. The Hall–Kier alpha value is -2.19. The van der Waals surface area contributed by atoms with E-state index in [9.17, 15) is 13.2 Å². The van der Waals surface area contributed by atoms with E-state index in [2.05, 4.69) is 20.2 Å². The second kappa shape index (κ2) is 6.27. The van der Waals surface area contributed by atoms with Gasteiger partial charge in [0.1, 0.15) is 0 Å². The molecule has 0 unspecified atom stereocenters. The largest absolute Gasteiger partial charge is 0.349 e. The number of hydrogen-bond donors (Lipinski definition) is 3. The van der Waals surface area contributed by atoms with Gasteiger partial charge < -0.3 is 5.32 Å². The lowest BCUT2D eigenvalue weighted by Gasteiger charge is -2.07. The van der Waals surface area contributed by atoms with E-state index in [1.807, 2.05) is 6.07 Å². The smallest absolute Gasteiger partial charge is 0.251 e. The molecule has 2 aliphatic carbocycles. The van der Waals surface area contributed by atoms with E-state index >= 15 is 0 Å². The van der Waals surface area contributed by atoms with Gasteiger partial charge in [0.2, 0.25) is 10.0 Å². The van der Waals surface area contributed by atoms with Gasteiger partial charge in [-0.15, -0.1) is 0 Å². The zero-order valence-electron chi connectivity index (χ0n) is 13.7. The molecule has 25 heavy (non-hydrogen) atoms. The maximum atomic E-state index is 12.4. The highest BCUT2D eigenvalue weighted by atomic mass is 32.2. The molecular formula is C17H20N4O3S. The quantitative estimate of drug-likeness (QED) is 0.698. The van der Waals surface area contributed by atoms with Crippen molar-refractivity contribution < 1.29 is 13.2 Å². The average Bonchev–Trinajstić information content (AvgIpc) is 3.54. The van der Waals surface area contributed by atoms with Crippen LogP contribution in [0.2, 0.25) is 0 Å². The summed E-state index contributed by atoms with van der Waals surface area (Å²) in [7, 11) is -3.64. The Morgan fingerprint density at radius 3 is 2.52 bits per heavy atom. The lowest BCUT2D eigenvalue weighted by atomic mass is 10.2. The highest BCUT2D eigenvalue weighted by molar-refractivity contribution is 7.89. The van der Waals surface area contributed by atoms with Gasteiger partial charge in [-0.1, -0.05) is 0 Å². The van der Waals surface area contributed by atoms with Gasteiger partial charge in [0.05, 0.1) is 22.8 Å². The molecule has 4 rings (SSSR count). The van der Waals surface area contributed by atoms with Crippen LogP contribution >= 0.6 is 0 Å². The van der Waals surface area contributed by atoms with Crippen LogP contribution in [0.3, 0.4) is 0 Å². The first kappa shape index (κ1) is 16.3. The molecule has 2 aliphatic rings. The van der Waals surface area contributed by atoms with E-state index in [1.54, 1.807) is 0 Å². The van der Waals surface area contributed by atoms with Crippen LogP contribution in [0.5, 0.6) is 0 Å². The van der Waals surface area contributed by atoms with E-state index in [0.29, 0.717) is 11.5 Å². The van der Waals surface area contributed by atoms with Crippen molar-refractivity contribution in [1.29, 1.82) is 0 Å². The second-order valence-corrected chi connectivity index (χ2v) is 8.46. The van der Waals surface area contributed by atoms with Crippen LogP contribution in [0, 0.1) is 0 Å². The minimum Gasteiger partial charge on any atom is -0.349 e. The monoisotopic (exact) mass is 360 g/mol. The summed E-state index contributed by atoms with van der Waals surface area (Å²) in [5, 5.41) is 9.95. The Morgan fingerprint density at radius 2 is 1.88 bits per heavy atom. The first-order chi connectivity index (χ1) is 12.0. The van der Waals surface area contributed by atoms with Crippen molar-refractivity contribution in [3.63, 3.8) is 0 Å². The number of H-pyrrole nitrogens is 1. The minimum atomic E-state index is -3.64. The van der Waals surface area contributed by atoms with Crippen molar-refractivity contribution in [1.82, 2.24) is 20.2 Å². The molecule has 7 nitrogen and oxygen atoms in total. The van der Waals surface area contributed by atoms with E-state index in [-0.39, 0.29) is 23.4 Å². The van der Waals surface area contributed by atoms with Gasteiger partial charge in [0.25, 0.3) is 5.91 Å².